The second-order valence-corrected chi connectivity index (χ2v) is 8.13. The minimum Gasteiger partial charge on any atom is -0.311 e. The smallest absolute Gasteiger partial charge is 0.240 e. The number of hydrogen-bond donors (Lipinski definition) is 2. The zero-order valence-electron chi connectivity index (χ0n) is 11.0. The van der Waals surface area contributed by atoms with Crippen LogP contribution in [0.2, 0.25) is 9.36 Å². The summed E-state index contributed by atoms with van der Waals surface area (Å²) in [5.74, 6) is 0. The van der Waals surface area contributed by atoms with Crippen molar-refractivity contribution in [1.82, 2.24) is 10.0 Å². The molecule has 0 bridgehead atoms. The van der Waals surface area contributed by atoms with Crippen LogP contribution in [0.25, 0.3) is 0 Å². The van der Waals surface area contributed by atoms with Crippen molar-refractivity contribution < 1.29 is 8.42 Å². The van der Waals surface area contributed by atoms with Gasteiger partial charge in [-0.2, -0.15) is 0 Å². The van der Waals surface area contributed by atoms with E-state index in [1.807, 2.05) is 0 Å². The molecule has 2 N–H and O–H groups in total. The fourth-order valence-electron chi connectivity index (χ4n) is 1.65. The van der Waals surface area contributed by atoms with Crippen LogP contribution in [0, 0.1) is 0 Å². The lowest BCUT2D eigenvalue weighted by Crippen LogP contribution is -2.31. The average molecular weight is 365 g/mol. The minimum atomic E-state index is -3.44. The van der Waals surface area contributed by atoms with Gasteiger partial charge in [-0.1, -0.05) is 41.4 Å². The Morgan fingerprint density at radius 2 is 1.81 bits per heavy atom. The van der Waals surface area contributed by atoms with Gasteiger partial charge in [0.2, 0.25) is 10.0 Å². The van der Waals surface area contributed by atoms with E-state index in [1.54, 1.807) is 36.4 Å². The van der Waals surface area contributed by atoms with E-state index in [2.05, 4.69) is 10.0 Å². The highest BCUT2D eigenvalue weighted by molar-refractivity contribution is 7.89. The molecule has 2 aromatic rings. The predicted molar refractivity (Wildman–Crippen MR) is 87.7 cm³/mol. The minimum absolute atomic E-state index is 0.266. The van der Waals surface area contributed by atoms with E-state index < -0.39 is 10.0 Å². The van der Waals surface area contributed by atoms with Crippen LogP contribution in [-0.2, 0) is 16.6 Å². The van der Waals surface area contributed by atoms with Crippen molar-refractivity contribution in [3.05, 3.63) is 50.6 Å². The predicted octanol–water partition coefficient (Wildman–Crippen LogP) is 3.12. The summed E-state index contributed by atoms with van der Waals surface area (Å²) in [7, 11) is -3.44. The number of nitrogens with one attached hydrogen (secondary N) is 2. The van der Waals surface area contributed by atoms with Gasteiger partial charge in [0.05, 0.1) is 9.92 Å². The van der Waals surface area contributed by atoms with Gasteiger partial charge in [-0.05, 0) is 18.2 Å². The Hall–Kier alpha value is -0.630. The summed E-state index contributed by atoms with van der Waals surface area (Å²) in [6, 6.07) is 10.1. The van der Waals surface area contributed by atoms with Gasteiger partial charge in [0.1, 0.15) is 4.34 Å². The Morgan fingerprint density at radius 3 is 2.43 bits per heavy atom. The van der Waals surface area contributed by atoms with Gasteiger partial charge in [-0.3, -0.25) is 0 Å². The van der Waals surface area contributed by atoms with Crippen LogP contribution < -0.4 is 10.0 Å². The summed E-state index contributed by atoms with van der Waals surface area (Å²) in [5.41, 5.74) is 0. The van der Waals surface area contributed by atoms with Crippen molar-refractivity contribution in [2.24, 2.45) is 0 Å². The summed E-state index contributed by atoms with van der Waals surface area (Å²) >= 11 is 13.1. The Labute approximate surface area is 138 Å². The molecule has 0 saturated heterocycles. The zero-order chi connectivity index (χ0) is 15.3. The van der Waals surface area contributed by atoms with Crippen molar-refractivity contribution in [3.8, 4) is 0 Å². The first-order chi connectivity index (χ1) is 9.99. The van der Waals surface area contributed by atoms with Crippen LogP contribution in [0.3, 0.4) is 0 Å². The molecule has 2 rings (SSSR count). The van der Waals surface area contributed by atoms with Crippen molar-refractivity contribution >= 4 is 44.6 Å². The molecule has 0 aliphatic rings. The average Bonchev–Trinajstić information content (AvgIpc) is 2.78. The Morgan fingerprint density at radius 1 is 1.10 bits per heavy atom. The van der Waals surface area contributed by atoms with Crippen LogP contribution >= 0.6 is 34.5 Å². The summed E-state index contributed by atoms with van der Waals surface area (Å²) < 4.78 is 27.0. The largest absolute Gasteiger partial charge is 0.311 e. The molecule has 114 valence electrons. The third-order valence-electron chi connectivity index (χ3n) is 2.64. The number of thiophene rings is 1. The lowest BCUT2D eigenvalue weighted by Gasteiger charge is -2.07. The van der Waals surface area contributed by atoms with Crippen LogP contribution in [0.4, 0.5) is 0 Å². The highest BCUT2D eigenvalue weighted by Crippen LogP contribution is 2.31. The van der Waals surface area contributed by atoms with Crippen molar-refractivity contribution in [1.29, 1.82) is 0 Å². The Balaban J connectivity index is 1.75. The van der Waals surface area contributed by atoms with E-state index in [4.69, 9.17) is 23.2 Å². The Kier molecular flexibility index (Phi) is 6.04. The van der Waals surface area contributed by atoms with E-state index in [1.165, 1.54) is 11.3 Å². The molecule has 0 radical (unpaired) electrons. The third kappa shape index (κ3) is 4.95. The fourth-order valence-corrected chi connectivity index (χ4v) is 4.10. The van der Waals surface area contributed by atoms with Crippen LogP contribution in [0.1, 0.15) is 4.88 Å². The van der Waals surface area contributed by atoms with Crippen molar-refractivity contribution in [2.75, 3.05) is 13.1 Å². The maximum Gasteiger partial charge on any atom is 0.240 e. The van der Waals surface area contributed by atoms with Crippen molar-refractivity contribution in [3.63, 3.8) is 0 Å². The molecule has 21 heavy (non-hydrogen) atoms. The lowest BCUT2D eigenvalue weighted by atomic mass is 10.4. The Bertz CT molecular complexity index is 668. The third-order valence-corrected chi connectivity index (χ3v) is 5.99. The highest BCUT2D eigenvalue weighted by atomic mass is 35.5. The molecule has 4 nitrogen and oxygen atoms in total. The maximum atomic E-state index is 11.9. The first-order valence-electron chi connectivity index (χ1n) is 6.18. The van der Waals surface area contributed by atoms with Gasteiger partial charge in [0.15, 0.2) is 0 Å². The van der Waals surface area contributed by atoms with Gasteiger partial charge in [0.25, 0.3) is 0 Å². The molecule has 0 atom stereocenters. The molecule has 0 aliphatic carbocycles. The molecule has 0 fully saturated rings. The fraction of sp³-hybridized carbons (Fsp3) is 0.231. The summed E-state index contributed by atoms with van der Waals surface area (Å²) in [6.45, 7) is 1.42. The van der Waals surface area contributed by atoms with Gasteiger partial charge in [-0.15, -0.1) is 11.3 Å². The second kappa shape index (κ2) is 7.58. The normalized spacial score (nSPS) is 11.7. The maximum absolute atomic E-state index is 11.9. The van der Waals surface area contributed by atoms with E-state index in [0.29, 0.717) is 29.0 Å². The van der Waals surface area contributed by atoms with Gasteiger partial charge in [0, 0.05) is 24.5 Å². The second-order valence-electron chi connectivity index (χ2n) is 4.22. The molecule has 0 unspecified atom stereocenters. The van der Waals surface area contributed by atoms with E-state index in [-0.39, 0.29) is 4.90 Å². The number of hydrogen-bond acceptors (Lipinski definition) is 4. The molecule has 0 aliphatic heterocycles. The first-order valence-corrected chi connectivity index (χ1v) is 9.24. The standard InChI is InChI=1S/C13H14Cl2N2O2S2/c14-12-8-10(20-13(12)15)9-16-6-7-17-21(18,19)11-4-2-1-3-5-11/h1-5,8,16-17H,6-7,9H2. The topological polar surface area (TPSA) is 58.2 Å². The summed E-state index contributed by atoms with van der Waals surface area (Å²) in [6.07, 6.45) is 0. The zero-order valence-corrected chi connectivity index (χ0v) is 14.1. The van der Waals surface area contributed by atoms with Crippen molar-refractivity contribution in [2.45, 2.75) is 11.4 Å². The monoisotopic (exact) mass is 364 g/mol. The molecule has 1 aromatic heterocycles. The van der Waals surface area contributed by atoms with E-state index in [0.717, 1.165) is 4.88 Å². The van der Waals surface area contributed by atoms with Gasteiger partial charge in [-0.25, -0.2) is 13.1 Å². The summed E-state index contributed by atoms with van der Waals surface area (Å²) in [5, 5.41) is 3.68. The van der Waals surface area contributed by atoms with Crippen LogP contribution in [0.5, 0.6) is 0 Å². The molecular weight excluding hydrogens is 351 g/mol. The summed E-state index contributed by atoms with van der Waals surface area (Å²) in [4.78, 5) is 1.28. The molecule has 0 amide bonds. The number of sulfonamides is 1. The quantitative estimate of drug-likeness (QED) is 0.742. The van der Waals surface area contributed by atoms with Gasteiger partial charge >= 0.3 is 0 Å². The van der Waals surface area contributed by atoms with E-state index >= 15 is 0 Å². The molecular formula is C13H14Cl2N2O2S2. The lowest BCUT2D eigenvalue weighted by molar-refractivity contribution is 0.576. The molecule has 8 heteroatoms. The van der Waals surface area contributed by atoms with E-state index in [9.17, 15) is 8.42 Å². The molecule has 1 aromatic carbocycles. The first kappa shape index (κ1) is 16.7. The SMILES string of the molecule is O=S(=O)(NCCNCc1cc(Cl)c(Cl)s1)c1ccccc1. The van der Waals surface area contributed by atoms with Gasteiger partial charge < -0.3 is 5.32 Å². The molecule has 0 spiro atoms. The number of halogens is 2. The van der Waals surface area contributed by atoms with Crippen LogP contribution in [0.15, 0.2) is 41.3 Å². The number of benzene rings is 1. The molecule has 0 saturated carbocycles. The number of rotatable bonds is 7. The highest BCUT2D eigenvalue weighted by Gasteiger charge is 2.11. The molecule has 1 heterocycles. The van der Waals surface area contributed by atoms with Crippen LogP contribution in [-0.4, -0.2) is 21.5 Å².